The van der Waals surface area contributed by atoms with Gasteiger partial charge in [-0.25, -0.2) is 9.97 Å². The van der Waals surface area contributed by atoms with Crippen LogP contribution in [0.1, 0.15) is 5.76 Å². The Kier molecular flexibility index (Phi) is 4.87. The van der Waals surface area contributed by atoms with Gasteiger partial charge >= 0.3 is 0 Å². The SMILES string of the molecule is C[NH+](CC(=O)N1CCN(c2ncccn2)CC1)Cc1ccco1. The topological polar surface area (TPSA) is 66.9 Å². The van der Waals surface area contributed by atoms with Gasteiger partial charge < -0.3 is 19.1 Å². The molecule has 1 aliphatic heterocycles. The summed E-state index contributed by atoms with van der Waals surface area (Å²) in [6, 6.07) is 5.61. The van der Waals surface area contributed by atoms with Gasteiger partial charge in [-0.3, -0.25) is 4.79 Å². The highest BCUT2D eigenvalue weighted by Gasteiger charge is 2.24. The number of hydrogen-bond donors (Lipinski definition) is 1. The summed E-state index contributed by atoms with van der Waals surface area (Å²) >= 11 is 0. The first-order valence-electron chi connectivity index (χ1n) is 7.86. The molecule has 23 heavy (non-hydrogen) atoms. The molecule has 0 aromatic carbocycles. The molecular formula is C16H22N5O2+. The van der Waals surface area contributed by atoms with Gasteiger partial charge in [0, 0.05) is 38.6 Å². The number of rotatable bonds is 5. The Labute approximate surface area is 135 Å². The number of hydrogen-bond acceptors (Lipinski definition) is 5. The number of aromatic nitrogens is 2. The average molecular weight is 316 g/mol. The predicted octanol–water partition coefficient (Wildman–Crippen LogP) is -0.567. The van der Waals surface area contributed by atoms with Crippen LogP contribution < -0.4 is 9.80 Å². The number of anilines is 1. The molecule has 0 radical (unpaired) electrons. The van der Waals surface area contributed by atoms with Crippen molar-refractivity contribution in [1.82, 2.24) is 14.9 Å². The number of amides is 1. The first-order chi connectivity index (χ1) is 11.2. The van der Waals surface area contributed by atoms with Gasteiger partial charge in [-0.1, -0.05) is 0 Å². The van der Waals surface area contributed by atoms with E-state index in [1.807, 2.05) is 24.1 Å². The maximum Gasteiger partial charge on any atom is 0.277 e. The molecule has 7 heteroatoms. The van der Waals surface area contributed by atoms with E-state index in [4.69, 9.17) is 4.42 Å². The van der Waals surface area contributed by atoms with Crippen molar-refractivity contribution in [3.8, 4) is 0 Å². The summed E-state index contributed by atoms with van der Waals surface area (Å²) in [6.45, 7) is 4.16. The Balaban J connectivity index is 1.46. The average Bonchev–Trinajstić information content (AvgIpc) is 3.08. The van der Waals surface area contributed by atoms with Crippen molar-refractivity contribution in [2.45, 2.75) is 6.54 Å². The number of carbonyl (C=O) groups excluding carboxylic acids is 1. The molecule has 7 nitrogen and oxygen atoms in total. The summed E-state index contributed by atoms with van der Waals surface area (Å²) in [6.07, 6.45) is 5.15. The monoisotopic (exact) mass is 316 g/mol. The van der Waals surface area contributed by atoms with Crippen LogP contribution in [0.5, 0.6) is 0 Å². The van der Waals surface area contributed by atoms with Crippen LogP contribution in [0.15, 0.2) is 41.3 Å². The summed E-state index contributed by atoms with van der Waals surface area (Å²) < 4.78 is 5.33. The first-order valence-corrected chi connectivity index (χ1v) is 7.86. The molecule has 1 atom stereocenters. The van der Waals surface area contributed by atoms with Crippen LogP contribution >= 0.6 is 0 Å². The highest BCUT2D eigenvalue weighted by Crippen LogP contribution is 2.09. The second-order valence-corrected chi connectivity index (χ2v) is 5.81. The van der Waals surface area contributed by atoms with Crippen LogP contribution in [0.3, 0.4) is 0 Å². The summed E-state index contributed by atoms with van der Waals surface area (Å²) in [5, 5.41) is 0. The van der Waals surface area contributed by atoms with Gasteiger partial charge in [0.25, 0.3) is 5.91 Å². The summed E-state index contributed by atoms with van der Waals surface area (Å²) in [5.74, 6) is 1.82. The lowest BCUT2D eigenvalue weighted by Gasteiger charge is -2.34. The maximum atomic E-state index is 12.4. The number of nitrogens with zero attached hydrogens (tertiary/aromatic N) is 4. The van der Waals surface area contributed by atoms with Crippen LogP contribution in [0, 0.1) is 0 Å². The Morgan fingerprint density at radius 2 is 1.96 bits per heavy atom. The van der Waals surface area contributed by atoms with Gasteiger partial charge in [0.1, 0.15) is 6.54 Å². The van der Waals surface area contributed by atoms with E-state index < -0.39 is 0 Å². The number of nitrogens with one attached hydrogen (secondary N) is 1. The lowest BCUT2D eigenvalue weighted by atomic mass is 10.3. The minimum Gasteiger partial charge on any atom is -0.463 e. The Morgan fingerprint density at radius 3 is 2.61 bits per heavy atom. The van der Waals surface area contributed by atoms with E-state index in [1.54, 1.807) is 24.7 Å². The maximum absolute atomic E-state index is 12.4. The molecule has 2 aromatic rings. The van der Waals surface area contributed by atoms with Crippen molar-refractivity contribution in [1.29, 1.82) is 0 Å². The number of carbonyl (C=O) groups is 1. The molecule has 3 heterocycles. The lowest BCUT2D eigenvalue weighted by Crippen LogP contribution is -3.08. The fraction of sp³-hybridized carbons (Fsp3) is 0.438. The van der Waals surface area contributed by atoms with Crippen LogP contribution in [0.25, 0.3) is 0 Å². The third-order valence-corrected chi connectivity index (χ3v) is 3.98. The van der Waals surface area contributed by atoms with Crippen molar-refractivity contribution in [3.05, 3.63) is 42.6 Å². The van der Waals surface area contributed by atoms with Gasteiger partial charge in [0.2, 0.25) is 5.95 Å². The zero-order chi connectivity index (χ0) is 16.1. The van der Waals surface area contributed by atoms with Crippen LogP contribution in [-0.4, -0.2) is 60.5 Å². The highest BCUT2D eigenvalue weighted by molar-refractivity contribution is 5.77. The molecule has 0 aliphatic carbocycles. The molecule has 0 bridgehead atoms. The van der Waals surface area contributed by atoms with Crippen molar-refractivity contribution < 1.29 is 14.1 Å². The fourth-order valence-electron chi connectivity index (χ4n) is 2.75. The van der Waals surface area contributed by atoms with Gasteiger partial charge in [-0.05, 0) is 18.2 Å². The molecule has 2 aromatic heterocycles. The number of likely N-dealkylation sites (N-methyl/N-ethyl adjacent to an activating group) is 1. The smallest absolute Gasteiger partial charge is 0.277 e. The third kappa shape index (κ3) is 4.07. The standard InChI is InChI=1S/C16H21N5O2/c1-19(12-14-4-2-11-23-14)13-15(22)20-7-9-21(10-8-20)16-17-5-3-6-18-16/h2-6,11H,7-10,12-13H2,1H3/p+1. The third-order valence-electron chi connectivity index (χ3n) is 3.98. The molecule has 1 amide bonds. The zero-order valence-electron chi connectivity index (χ0n) is 13.3. The first kappa shape index (κ1) is 15.5. The Bertz CT molecular complexity index is 609. The predicted molar refractivity (Wildman–Crippen MR) is 85.0 cm³/mol. The minimum atomic E-state index is 0.183. The Morgan fingerprint density at radius 1 is 1.22 bits per heavy atom. The number of piperazine rings is 1. The van der Waals surface area contributed by atoms with E-state index in [2.05, 4.69) is 14.9 Å². The molecule has 122 valence electrons. The molecule has 0 spiro atoms. The van der Waals surface area contributed by atoms with Crippen LogP contribution in [-0.2, 0) is 11.3 Å². The summed E-state index contributed by atoms with van der Waals surface area (Å²) in [7, 11) is 2.01. The molecule has 3 rings (SSSR count). The normalized spacial score (nSPS) is 16.4. The van der Waals surface area contributed by atoms with Gasteiger partial charge in [0.05, 0.1) is 13.3 Å². The van der Waals surface area contributed by atoms with Crippen LogP contribution in [0.2, 0.25) is 0 Å². The van der Waals surface area contributed by atoms with E-state index in [0.717, 1.165) is 36.2 Å². The highest BCUT2D eigenvalue weighted by atomic mass is 16.3. The van der Waals surface area contributed by atoms with Gasteiger partial charge in [0.15, 0.2) is 12.3 Å². The lowest BCUT2D eigenvalue weighted by molar-refractivity contribution is -0.886. The fourth-order valence-corrected chi connectivity index (χ4v) is 2.75. The Hall–Kier alpha value is -2.41. The number of quaternary nitrogens is 1. The van der Waals surface area contributed by atoms with E-state index in [9.17, 15) is 4.79 Å². The number of furan rings is 1. The van der Waals surface area contributed by atoms with Crippen molar-refractivity contribution in [3.63, 3.8) is 0 Å². The largest absolute Gasteiger partial charge is 0.463 e. The van der Waals surface area contributed by atoms with Gasteiger partial charge in [-0.15, -0.1) is 0 Å². The van der Waals surface area contributed by atoms with Gasteiger partial charge in [-0.2, -0.15) is 0 Å². The summed E-state index contributed by atoms with van der Waals surface area (Å²) in [4.78, 5) is 26.1. The molecule has 0 saturated carbocycles. The second-order valence-electron chi connectivity index (χ2n) is 5.81. The molecule has 1 unspecified atom stereocenters. The quantitative estimate of drug-likeness (QED) is 0.800. The molecule has 1 saturated heterocycles. The van der Waals surface area contributed by atoms with E-state index in [1.165, 1.54) is 0 Å². The molecule has 1 fully saturated rings. The van der Waals surface area contributed by atoms with E-state index in [-0.39, 0.29) is 5.91 Å². The minimum absolute atomic E-state index is 0.183. The van der Waals surface area contributed by atoms with Crippen LogP contribution in [0.4, 0.5) is 5.95 Å². The molecule has 1 N–H and O–H groups in total. The van der Waals surface area contributed by atoms with E-state index in [0.29, 0.717) is 19.6 Å². The second kappa shape index (κ2) is 7.23. The van der Waals surface area contributed by atoms with E-state index >= 15 is 0 Å². The molecule has 1 aliphatic rings. The zero-order valence-corrected chi connectivity index (χ0v) is 13.3. The molecular weight excluding hydrogens is 294 g/mol. The summed E-state index contributed by atoms with van der Waals surface area (Å²) in [5.41, 5.74) is 0. The van der Waals surface area contributed by atoms with Crippen molar-refractivity contribution in [2.75, 3.05) is 44.7 Å². The van der Waals surface area contributed by atoms with Crippen molar-refractivity contribution in [2.24, 2.45) is 0 Å². The van der Waals surface area contributed by atoms with Crippen molar-refractivity contribution >= 4 is 11.9 Å².